The molecule has 0 fully saturated rings. The van der Waals surface area contributed by atoms with Crippen molar-refractivity contribution in [3.05, 3.63) is 22.8 Å². The molecule has 0 aliphatic heterocycles. The summed E-state index contributed by atoms with van der Waals surface area (Å²) in [6, 6.07) is 6.87. The minimum absolute atomic E-state index is 0. The predicted molar refractivity (Wildman–Crippen MR) is 93.0 cm³/mol. The van der Waals surface area contributed by atoms with Gasteiger partial charge in [0, 0.05) is 12.8 Å². The van der Waals surface area contributed by atoms with E-state index in [1.54, 1.807) is 12.1 Å². The fourth-order valence-corrected chi connectivity index (χ4v) is 1.93. The van der Waals surface area contributed by atoms with Gasteiger partial charge in [-0.1, -0.05) is 0 Å². The molecule has 10 nitrogen and oxygen atoms in total. The van der Waals surface area contributed by atoms with Gasteiger partial charge in [-0.2, -0.15) is 31.3 Å². The van der Waals surface area contributed by atoms with Crippen LogP contribution in [-0.2, 0) is 9.59 Å². The summed E-state index contributed by atoms with van der Waals surface area (Å²) in [5.41, 5.74) is -2.73. The first-order valence-electron chi connectivity index (χ1n) is 7.93. The SMILES string of the molecule is [C-]#[N+]C([N+]#[C-])C(=O)CCC(C)(C#N)N=NCC(C)(C#N)CC(=O)C(C#N)C#N.[Li+].[Li+]. The first-order chi connectivity index (χ1) is 13.1. The number of carbonyl (C=O) groups excluding carboxylic acids is 2. The molecule has 0 N–H and O–H groups in total. The molecular formula is C18H16Li2N8O2+2. The Labute approximate surface area is 199 Å². The molecule has 2 atom stereocenters. The third-order valence-electron chi connectivity index (χ3n) is 3.76. The van der Waals surface area contributed by atoms with Crippen molar-refractivity contribution >= 4 is 11.6 Å². The Kier molecular flexibility index (Phi) is 15.9. The number of nitriles is 4. The molecule has 0 spiro atoms. The largest absolute Gasteiger partial charge is 1.00 e. The van der Waals surface area contributed by atoms with E-state index < -0.39 is 34.6 Å². The van der Waals surface area contributed by atoms with E-state index in [9.17, 15) is 20.1 Å². The van der Waals surface area contributed by atoms with Crippen LogP contribution in [0.1, 0.15) is 33.1 Å². The summed E-state index contributed by atoms with van der Waals surface area (Å²) in [6.45, 7) is 16.1. The molecule has 0 radical (unpaired) electrons. The third kappa shape index (κ3) is 10.0. The second kappa shape index (κ2) is 15.0. The standard InChI is InChI=1S/C18H16N8O2.2Li/c1-17(10-21,7-15(28)13(8-19)9-20)12-25-26-18(2,11-22)6-5-14(27)16(23-3)24-4;;/h13,16H,5-7,12H2,1-2H3;;/q;2*+1. The third-order valence-corrected chi connectivity index (χ3v) is 3.76. The van der Waals surface area contributed by atoms with Crippen LogP contribution in [0.15, 0.2) is 10.2 Å². The molecule has 12 heteroatoms. The molecule has 0 heterocycles. The molecule has 2 unspecified atom stereocenters. The van der Waals surface area contributed by atoms with Crippen LogP contribution in [0.2, 0.25) is 0 Å². The van der Waals surface area contributed by atoms with Crippen LogP contribution in [0.5, 0.6) is 0 Å². The number of ketones is 2. The second-order valence-corrected chi connectivity index (χ2v) is 6.39. The molecule has 0 rings (SSSR count). The van der Waals surface area contributed by atoms with Gasteiger partial charge in [-0.15, -0.1) is 0 Å². The fraction of sp³-hybridized carbons (Fsp3) is 0.556. The summed E-state index contributed by atoms with van der Waals surface area (Å²) in [4.78, 5) is 29.4. The van der Waals surface area contributed by atoms with Crippen molar-refractivity contribution in [3.8, 4) is 24.3 Å². The Morgan fingerprint density at radius 2 is 1.53 bits per heavy atom. The molecule has 0 saturated carbocycles. The first kappa shape index (κ1) is 31.8. The number of rotatable bonds is 10. The van der Waals surface area contributed by atoms with Crippen LogP contribution in [0.4, 0.5) is 0 Å². The summed E-state index contributed by atoms with van der Waals surface area (Å²) in [5.74, 6) is -2.80. The maximum atomic E-state index is 11.9. The monoisotopic (exact) mass is 390 g/mol. The normalized spacial score (nSPS) is 13.4. The van der Waals surface area contributed by atoms with Crippen molar-refractivity contribution in [2.24, 2.45) is 21.6 Å². The van der Waals surface area contributed by atoms with E-state index in [0.29, 0.717) is 0 Å². The van der Waals surface area contributed by atoms with Crippen LogP contribution >= 0.6 is 0 Å². The van der Waals surface area contributed by atoms with Crippen molar-refractivity contribution < 1.29 is 47.3 Å². The zero-order valence-electron chi connectivity index (χ0n) is 17.4. The van der Waals surface area contributed by atoms with E-state index in [4.69, 9.17) is 23.7 Å². The van der Waals surface area contributed by atoms with E-state index in [2.05, 4.69) is 19.9 Å². The zero-order valence-corrected chi connectivity index (χ0v) is 17.4. The van der Waals surface area contributed by atoms with E-state index >= 15 is 0 Å². The van der Waals surface area contributed by atoms with Gasteiger partial charge < -0.3 is 0 Å². The van der Waals surface area contributed by atoms with Gasteiger partial charge in [-0.05, 0) is 20.3 Å². The van der Waals surface area contributed by atoms with E-state index in [1.807, 2.05) is 12.1 Å². The Hall–Kier alpha value is -2.93. The fourth-order valence-electron chi connectivity index (χ4n) is 1.93. The summed E-state index contributed by atoms with van der Waals surface area (Å²) >= 11 is 0. The van der Waals surface area contributed by atoms with Gasteiger partial charge in [0.05, 0.1) is 36.2 Å². The average Bonchev–Trinajstić information content (AvgIpc) is 2.68. The Morgan fingerprint density at radius 1 is 1.00 bits per heavy atom. The maximum Gasteiger partial charge on any atom is 1.00 e. The van der Waals surface area contributed by atoms with E-state index in [-0.39, 0.29) is 63.5 Å². The van der Waals surface area contributed by atoms with Crippen molar-refractivity contribution in [2.75, 3.05) is 6.54 Å². The van der Waals surface area contributed by atoms with Crippen molar-refractivity contribution in [2.45, 2.75) is 44.8 Å². The zero-order chi connectivity index (χ0) is 21.8. The first-order valence-corrected chi connectivity index (χ1v) is 7.93. The number of hydrogen-bond donors (Lipinski definition) is 0. The predicted octanol–water partition coefficient (Wildman–Crippen LogP) is -3.60. The Bertz CT molecular complexity index is 881. The summed E-state index contributed by atoms with van der Waals surface area (Å²) in [6.07, 6.45) is -2.10. The van der Waals surface area contributed by atoms with Crippen molar-refractivity contribution in [1.82, 2.24) is 0 Å². The van der Waals surface area contributed by atoms with Gasteiger partial charge in [-0.25, -0.2) is 22.8 Å². The maximum absolute atomic E-state index is 11.9. The molecule has 0 aromatic rings. The minimum atomic E-state index is -1.47. The van der Waals surface area contributed by atoms with Gasteiger partial charge >= 0.3 is 49.7 Å². The molecular weight excluding hydrogens is 374 g/mol. The summed E-state index contributed by atoms with van der Waals surface area (Å²) in [5, 5.41) is 43.7. The molecule has 0 aliphatic rings. The summed E-state index contributed by atoms with van der Waals surface area (Å²) < 4.78 is 0. The molecule has 0 saturated heterocycles. The van der Waals surface area contributed by atoms with Gasteiger partial charge in [0.1, 0.15) is 0 Å². The van der Waals surface area contributed by atoms with E-state index in [0.717, 1.165) is 0 Å². The number of Topliss-reactive ketones (excluding diaryl/α,β-unsaturated/α-hetero) is 2. The van der Waals surface area contributed by atoms with Crippen LogP contribution in [0.25, 0.3) is 9.69 Å². The Balaban J connectivity index is -0.00000364. The molecule has 30 heavy (non-hydrogen) atoms. The summed E-state index contributed by atoms with van der Waals surface area (Å²) in [7, 11) is 0. The molecule has 0 aromatic heterocycles. The van der Waals surface area contributed by atoms with Gasteiger partial charge in [-0.3, -0.25) is 9.59 Å². The molecule has 0 bridgehead atoms. The quantitative estimate of drug-likeness (QED) is 0.212. The molecule has 140 valence electrons. The average molecular weight is 390 g/mol. The molecule has 0 aliphatic carbocycles. The number of hydrogen-bond acceptors (Lipinski definition) is 8. The van der Waals surface area contributed by atoms with Crippen LogP contribution in [0.3, 0.4) is 0 Å². The van der Waals surface area contributed by atoms with Crippen molar-refractivity contribution in [3.63, 3.8) is 0 Å². The molecule has 0 amide bonds. The van der Waals surface area contributed by atoms with Gasteiger partial charge in [0.2, 0.25) is 0 Å². The number of azo groups is 1. The van der Waals surface area contributed by atoms with Gasteiger partial charge in [0.25, 0.3) is 0 Å². The smallest absolute Gasteiger partial charge is 0.297 e. The topological polar surface area (TPSA) is 163 Å². The van der Waals surface area contributed by atoms with Gasteiger partial charge in [0.15, 0.2) is 17.2 Å². The van der Waals surface area contributed by atoms with Crippen molar-refractivity contribution in [1.29, 1.82) is 21.0 Å². The van der Waals surface area contributed by atoms with E-state index in [1.165, 1.54) is 13.8 Å². The second-order valence-electron chi connectivity index (χ2n) is 6.39. The van der Waals surface area contributed by atoms with Crippen LogP contribution in [-0.4, -0.2) is 29.8 Å². The number of carbonyl (C=O) groups is 2. The van der Waals surface area contributed by atoms with Crippen LogP contribution < -0.4 is 37.7 Å². The minimum Gasteiger partial charge on any atom is -0.297 e. The molecule has 0 aromatic carbocycles. The number of nitrogens with zero attached hydrogens (tertiary/aromatic N) is 8. The Morgan fingerprint density at radius 3 is 1.93 bits per heavy atom. The van der Waals surface area contributed by atoms with Crippen LogP contribution in [0, 0.1) is 69.8 Å².